The fraction of sp³-hybridized carbons (Fsp3) is 0.250. The van der Waals surface area contributed by atoms with E-state index in [9.17, 15) is 18.0 Å². The second-order valence-electron chi connectivity index (χ2n) is 5.56. The van der Waals surface area contributed by atoms with Crippen LogP contribution in [0.25, 0.3) is 0 Å². The lowest BCUT2D eigenvalue weighted by Crippen LogP contribution is -2.29. The number of hydrogen-bond donors (Lipinski definition) is 1. The Hall–Kier alpha value is -2.23. The molecule has 0 saturated heterocycles. The van der Waals surface area contributed by atoms with E-state index in [-0.39, 0.29) is 21.9 Å². The van der Waals surface area contributed by atoms with Crippen LogP contribution < -0.4 is 0 Å². The lowest BCUT2D eigenvalue weighted by molar-refractivity contribution is 0.0695. The molecule has 0 bridgehead atoms. The van der Waals surface area contributed by atoms with Crippen molar-refractivity contribution in [2.45, 2.75) is 11.4 Å². The summed E-state index contributed by atoms with van der Waals surface area (Å²) in [6.07, 6.45) is 0. The van der Waals surface area contributed by atoms with E-state index in [2.05, 4.69) is 0 Å². The number of thiophene rings is 1. The van der Waals surface area contributed by atoms with Gasteiger partial charge in [-0.2, -0.15) is 0 Å². The van der Waals surface area contributed by atoms with Crippen LogP contribution >= 0.6 is 11.3 Å². The largest absolute Gasteiger partial charge is 0.478 e. The molecule has 0 saturated carbocycles. The number of carboxylic acids is 1. The third-order valence-corrected chi connectivity index (χ3v) is 6.44. The van der Waals surface area contributed by atoms with E-state index < -0.39 is 21.9 Å². The van der Waals surface area contributed by atoms with Crippen LogP contribution in [0.15, 0.2) is 40.6 Å². The normalized spacial score (nSPS) is 11.5. The smallest absolute Gasteiger partial charge is 0.335 e. The Morgan fingerprint density at radius 1 is 1.08 bits per heavy atom. The lowest BCUT2D eigenvalue weighted by Gasteiger charge is -2.18. The van der Waals surface area contributed by atoms with Crippen LogP contribution in [0.3, 0.4) is 0 Å². The zero-order chi connectivity index (χ0) is 18.8. The van der Waals surface area contributed by atoms with Crippen LogP contribution in [0, 0.1) is 0 Å². The molecule has 134 valence electrons. The van der Waals surface area contributed by atoms with Crippen molar-refractivity contribution in [1.82, 2.24) is 9.21 Å². The van der Waals surface area contributed by atoms with E-state index in [4.69, 9.17) is 5.11 Å². The number of aromatic carboxylic acids is 1. The number of carbonyl (C=O) groups is 2. The number of carbonyl (C=O) groups excluding carboxylic acids is 1. The third-order valence-electron chi connectivity index (χ3n) is 3.55. The molecule has 0 aliphatic rings. The van der Waals surface area contributed by atoms with E-state index in [0.717, 1.165) is 21.2 Å². The first kappa shape index (κ1) is 19.1. The first-order valence-corrected chi connectivity index (χ1v) is 9.54. The minimum Gasteiger partial charge on any atom is -0.478 e. The minimum atomic E-state index is -3.70. The van der Waals surface area contributed by atoms with Gasteiger partial charge in [0, 0.05) is 27.7 Å². The quantitative estimate of drug-likeness (QED) is 0.824. The zero-order valence-electron chi connectivity index (χ0n) is 14.0. The molecule has 0 fully saturated rings. The van der Waals surface area contributed by atoms with Gasteiger partial charge in [-0.3, -0.25) is 4.79 Å². The minimum absolute atomic E-state index is 0.0134. The highest BCUT2D eigenvalue weighted by molar-refractivity contribution is 7.89. The Bertz CT molecular complexity index is 886. The predicted octanol–water partition coefficient (Wildman–Crippen LogP) is 1.97. The molecular weight excluding hydrogens is 364 g/mol. The maximum absolute atomic E-state index is 12.6. The van der Waals surface area contributed by atoms with Crippen LogP contribution in [-0.4, -0.2) is 55.7 Å². The number of rotatable bonds is 6. The van der Waals surface area contributed by atoms with Gasteiger partial charge in [-0.05, 0) is 29.1 Å². The highest BCUT2D eigenvalue weighted by atomic mass is 32.2. The molecule has 25 heavy (non-hydrogen) atoms. The molecule has 1 amide bonds. The van der Waals surface area contributed by atoms with Crippen molar-refractivity contribution in [2.24, 2.45) is 0 Å². The molecule has 1 aromatic carbocycles. The Morgan fingerprint density at radius 3 is 2.20 bits per heavy atom. The molecule has 2 aromatic rings. The van der Waals surface area contributed by atoms with Gasteiger partial charge in [0.15, 0.2) is 0 Å². The van der Waals surface area contributed by atoms with Gasteiger partial charge >= 0.3 is 5.97 Å². The summed E-state index contributed by atoms with van der Waals surface area (Å²) in [5.41, 5.74) is 0.907. The number of amides is 1. The second kappa shape index (κ2) is 7.34. The van der Waals surface area contributed by atoms with Crippen LogP contribution in [0.4, 0.5) is 0 Å². The fourth-order valence-corrected chi connectivity index (χ4v) is 4.41. The summed E-state index contributed by atoms with van der Waals surface area (Å²) in [7, 11) is 0.692. The van der Waals surface area contributed by atoms with E-state index in [1.165, 1.54) is 37.2 Å². The maximum atomic E-state index is 12.6. The Labute approximate surface area is 150 Å². The summed E-state index contributed by atoms with van der Waals surface area (Å²) in [5.74, 6) is -1.43. The number of benzene rings is 1. The van der Waals surface area contributed by atoms with Gasteiger partial charge in [0.05, 0.1) is 5.56 Å². The van der Waals surface area contributed by atoms with Gasteiger partial charge < -0.3 is 10.0 Å². The molecule has 0 atom stereocenters. The molecule has 1 N–H and O–H groups in total. The van der Waals surface area contributed by atoms with Crippen LogP contribution in [0.5, 0.6) is 0 Å². The fourth-order valence-electron chi connectivity index (χ4n) is 2.12. The summed E-state index contributed by atoms with van der Waals surface area (Å²) in [4.78, 5) is 25.0. The predicted molar refractivity (Wildman–Crippen MR) is 94.4 cm³/mol. The van der Waals surface area contributed by atoms with Crippen LogP contribution in [0.1, 0.15) is 25.6 Å². The molecule has 1 aromatic heterocycles. The Morgan fingerprint density at radius 2 is 1.68 bits per heavy atom. The summed E-state index contributed by atoms with van der Waals surface area (Å²) in [6, 6.07) is 7.59. The van der Waals surface area contributed by atoms with E-state index in [1.54, 1.807) is 24.6 Å². The van der Waals surface area contributed by atoms with Gasteiger partial charge in [0.2, 0.25) is 10.0 Å². The molecule has 2 rings (SSSR count). The summed E-state index contributed by atoms with van der Waals surface area (Å²) in [6.45, 7) is 0.234. The van der Waals surface area contributed by atoms with Crippen LogP contribution in [-0.2, 0) is 16.6 Å². The topological polar surface area (TPSA) is 95.0 Å². The molecule has 7 nitrogen and oxygen atoms in total. The monoisotopic (exact) mass is 382 g/mol. The maximum Gasteiger partial charge on any atom is 0.335 e. The van der Waals surface area contributed by atoms with Gasteiger partial charge in [-0.25, -0.2) is 17.5 Å². The Kier molecular flexibility index (Phi) is 5.61. The van der Waals surface area contributed by atoms with Crippen molar-refractivity contribution < 1.29 is 23.1 Å². The number of nitrogens with zero attached hydrogens (tertiary/aromatic N) is 2. The molecule has 0 aliphatic carbocycles. The molecule has 0 aliphatic heterocycles. The average Bonchev–Trinajstić information content (AvgIpc) is 3.04. The van der Waals surface area contributed by atoms with Crippen molar-refractivity contribution in [1.29, 1.82) is 0 Å². The highest BCUT2D eigenvalue weighted by Gasteiger charge is 2.27. The zero-order valence-corrected chi connectivity index (χ0v) is 15.6. The Balaban J connectivity index is 2.21. The molecule has 9 heteroatoms. The van der Waals surface area contributed by atoms with Gasteiger partial charge in [-0.1, -0.05) is 12.1 Å². The van der Waals surface area contributed by atoms with E-state index >= 15 is 0 Å². The number of sulfonamides is 1. The molecule has 0 spiro atoms. The molecular formula is C16H18N2O5S2. The summed E-state index contributed by atoms with van der Waals surface area (Å²) < 4.78 is 25.7. The second-order valence-corrected chi connectivity index (χ2v) is 8.60. The van der Waals surface area contributed by atoms with Gasteiger partial charge in [0.25, 0.3) is 5.91 Å². The first-order chi connectivity index (χ1) is 11.6. The SMILES string of the molecule is CN(Cc1ccc(C(=O)O)cc1)C(=O)c1sccc1S(=O)(=O)N(C)C. The highest BCUT2D eigenvalue weighted by Crippen LogP contribution is 2.25. The molecule has 0 radical (unpaired) electrons. The number of carboxylic acid groups (broad SMARTS) is 1. The third kappa shape index (κ3) is 4.06. The van der Waals surface area contributed by atoms with E-state index in [0.29, 0.717) is 0 Å². The van der Waals surface area contributed by atoms with Crippen molar-refractivity contribution in [3.8, 4) is 0 Å². The average molecular weight is 382 g/mol. The first-order valence-electron chi connectivity index (χ1n) is 7.22. The summed E-state index contributed by atoms with van der Waals surface area (Å²) >= 11 is 1.07. The lowest BCUT2D eigenvalue weighted by atomic mass is 10.1. The van der Waals surface area contributed by atoms with Gasteiger partial charge in [0.1, 0.15) is 9.77 Å². The standard InChI is InChI=1S/C16H18N2O5S2/c1-17(2)25(22,23)13-8-9-24-14(13)15(19)18(3)10-11-4-6-12(7-5-11)16(20)21/h4-9H,10H2,1-3H3,(H,20,21). The van der Waals surface area contributed by atoms with E-state index in [1.807, 2.05) is 0 Å². The van der Waals surface area contributed by atoms with Crippen LogP contribution in [0.2, 0.25) is 0 Å². The van der Waals surface area contributed by atoms with Crippen molar-refractivity contribution >= 4 is 33.2 Å². The van der Waals surface area contributed by atoms with Crippen molar-refractivity contribution in [2.75, 3.05) is 21.1 Å². The molecule has 1 heterocycles. The van der Waals surface area contributed by atoms with Crippen molar-refractivity contribution in [3.05, 3.63) is 51.7 Å². The summed E-state index contributed by atoms with van der Waals surface area (Å²) in [5, 5.41) is 10.5. The molecule has 0 unspecified atom stereocenters. The van der Waals surface area contributed by atoms with Crippen molar-refractivity contribution in [3.63, 3.8) is 0 Å². The number of hydrogen-bond acceptors (Lipinski definition) is 5. The van der Waals surface area contributed by atoms with Gasteiger partial charge in [-0.15, -0.1) is 11.3 Å².